The third kappa shape index (κ3) is 1.70. The molecule has 2 atom stereocenters. The predicted molar refractivity (Wildman–Crippen MR) is 39.1 cm³/mol. The fraction of sp³-hybridized carbons (Fsp3) is 1.00. The molecular weight excluding hydrogens is 150 g/mol. The molecule has 1 aliphatic rings. The Kier molecular flexibility index (Phi) is 2.01. The first kappa shape index (κ1) is 8.01. The van der Waals surface area contributed by atoms with Crippen LogP contribution in [-0.4, -0.2) is 26.0 Å². The molecule has 0 bridgehead atoms. The Morgan fingerprint density at radius 2 is 2.20 bits per heavy atom. The summed E-state index contributed by atoms with van der Waals surface area (Å²) in [5, 5.41) is 0. The Morgan fingerprint density at radius 1 is 1.60 bits per heavy atom. The Hall–Kier alpha value is -0.0900. The second kappa shape index (κ2) is 2.51. The normalized spacial score (nSPS) is 34.0. The molecule has 0 aromatic carbocycles. The second-order valence-electron chi connectivity index (χ2n) is 3.14. The van der Waals surface area contributed by atoms with E-state index in [1.807, 2.05) is 6.92 Å². The van der Waals surface area contributed by atoms with Gasteiger partial charge in [-0.1, -0.05) is 0 Å². The van der Waals surface area contributed by atoms with Crippen LogP contribution in [0.5, 0.6) is 0 Å². The van der Waals surface area contributed by atoms with Gasteiger partial charge in [-0.3, -0.25) is 0 Å². The van der Waals surface area contributed by atoms with Crippen LogP contribution in [0, 0.1) is 5.92 Å². The molecule has 60 valence electrons. The Labute approximate surface area is 61.5 Å². The number of hydrogen-bond acceptors (Lipinski definition) is 2. The maximum absolute atomic E-state index is 10.9. The molecular formula is C6H14NO2S+. The highest BCUT2D eigenvalue weighted by Gasteiger charge is 2.31. The van der Waals surface area contributed by atoms with Crippen LogP contribution >= 0.6 is 0 Å². The summed E-state index contributed by atoms with van der Waals surface area (Å²) in [5.74, 6) is 1.04. The van der Waals surface area contributed by atoms with Gasteiger partial charge in [0.1, 0.15) is 0 Å². The molecule has 0 aromatic rings. The van der Waals surface area contributed by atoms with Gasteiger partial charge in [-0.2, -0.15) is 0 Å². The summed E-state index contributed by atoms with van der Waals surface area (Å²) in [6, 6.07) is 0.275. The fourth-order valence-electron chi connectivity index (χ4n) is 1.27. The van der Waals surface area contributed by atoms with Crippen molar-refractivity contribution in [2.75, 3.05) is 11.5 Å². The van der Waals surface area contributed by atoms with E-state index in [1.54, 1.807) is 0 Å². The van der Waals surface area contributed by atoms with Gasteiger partial charge in [-0.15, -0.1) is 0 Å². The molecule has 3 nitrogen and oxygen atoms in total. The molecule has 1 fully saturated rings. The van der Waals surface area contributed by atoms with Crippen molar-refractivity contribution in [3.8, 4) is 0 Å². The fourth-order valence-corrected chi connectivity index (χ4v) is 3.25. The molecule has 0 aliphatic carbocycles. The van der Waals surface area contributed by atoms with Crippen LogP contribution in [0.15, 0.2) is 0 Å². The lowest BCUT2D eigenvalue weighted by atomic mass is 10.0. The average Bonchev–Trinajstić information content (AvgIpc) is 2.10. The summed E-state index contributed by atoms with van der Waals surface area (Å²) in [6.07, 6.45) is 0.812. The van der Waals surface area contributed by atoms with Gasteiger partial charge >= 0.3 is 0 Å². The molecule has 1 heterocycles. The lowest BCUT2D eigenvalue weighted by Gasteiger charge is -2.06. The van der Waals surface area contributed by atoms with Crippen LogP contribution in [0.2, 0.25) is 0 Å². The SMILES string of the molecule is CC([NH3+])C1CCS(=O)(=O)C1. The summed E-state index contributed by atoms with van der Waals surface area (Å²) in [4.78, 5) is 0. The van der Waals surface area contributed by atoms with E-state index in [1.165, 1.54) is 0 Å². The molecule has 0 saturated carbocycles. The van der Waals surface area contributed by atoms with Gasteiger partial charge in [0.05, 0.1) is 17.5 Å². The third-order valence-corrected chi connectivity index (χ3v) is 3.87. The number of sulfone groups is 1. The summed E-state index contributed by atoms with van der Waals surface area (Å²) >= 11 is 0. The molecule has 1 aliphatic heterocycles. The van der Waals surface area contributed by atoms with E-state index in [2.05, 4.69) is 5.73 Å². The van der Waals surface area contributed by atoms with Gasteiger partial charge in [-0.25, -0.2) is 8.42 Å². The number of hydrogen-bond donors (Lipinski definition) is 1. The van der Waals surface area contributed by atoms with Crippen molar-refractivity contribution in [1.29, 1.82) is 0 Å². The lowest BCUT2D eigenvalue weighted by Crippen LogP contribution is -2.62. The zero-order valence-electron chi connectivity index (χ0n) is 6.21. The van der Waals surface area contributed by atoms with Crippen molar-refractivity contribution < 1.29 is 14.2 Å². The van der Waals surface area contributed by atoms with Gasteiger partial charge in [0, 0.05) is 5.92 Å². The zero-order valence-corrected chi connectivity index (χ0v) is 7.02. The van der Waals surface area contributed by atoms with Crippen LogP contribution in [0.1, 0.15) is 13.3 Å². The molecule has 0 amide bonds. The van der Waals surface area contributed by atoms with Crippen molar-refractivity contribution in [2.24, 2.45) is 5.92 Å². The summed E-state index contributed by atoms with van der Waals surface area (Å²) < 4.78 is 21.8. The maximum atomic E-state index is 10.9. The van der Waals surface area contributed by atoms with Crippen LogP contribution in [-0.2, 0) is 9.84 Å². The largest absolute Gasteiger partial charge is 0.355 e. The Balaban J connectivity index is 2.60. The molecule has 10 heavy (non-hydrogen) atoms. The molecule has 1 rings (SSSR count). The van der Waals surface area contributed by atoms with Crippen molar-refractivity contribution >= 4 is 9.84 Å². The molecule has 0 aromatic heterocycles. The average molecular weight is 164 g/mol. The van der Waals surface area contributed by atoms with Gasteiger partial charge in [-0.05, 0) is 13.3 Å². The highest BCUT2D eigenvalue weighted by atomic mass is 32.2. The minimum absolute atomic E-state index is 0.275. The van der Waals surface area contributed by atoms with E-state index < -0.39 is 9.84 Å². The molecule has 2 unspecified atom stereocenters. The molecule has 0 radical (unpaired) electrons. The van der Waals surface area contributed by atoms with E-state index in [0.29, 0.717) is 17.4 Å². The summed E-state index contributed by atoms with van der Waals surface area (Å²) in [6.45, 7) is 1.98. The number of quaternary nitrogens is 1. The highest BCUT2D eigenvalue weighted by Crippen LogP contribution is 2.19. The van der Waals surface area contributed by atoms with Crippen LogP contribution in [0.4, 0.5) is 0 Å². The lowest BCUT2D eigenvalue weighted by molar-refractivity contribution is -0.425. The van der Waals surface area contributed by atoms with E-state index in [0.717, 1.165) is 6.42 Å². The quantitative estimate of drug-likeness (QED) is 0.543. The third-order valence-electron chi connectivity index (χ3n) is 2.07. The first-order chi connectivity index (χ1) is 4.51. The van der Waals surface area contributed by atoms with Crippen LogP contribution in [0.3, 0.4) is 0 Å². The van der Waals surface area contributed by atoms with Crippen molar-refractivity contribution in [1.82, 2.24) is 0 Å². The van der Waals surface area contributed by atoms with Crippen LogP contribution in [0.25, 0.3) is 0 Å². The first-order valence-corrected chi connectivity index (χ1v) is 5.37. The van der Waals surface area contributed by atoms with E-state index in [9.17, 15) is 8.42 Å². The molecule has 3 N–H and O–H groups in total. The highest BCUT2D eigenvalue weighted by molar-refractivity contribution is 7.91. The molecule has 1 saturated heterocycles. The second-order valence-corrected chi connectivity index (χ2v) is 5.37. The van der Waals surface area contributed by atoms with Gasteiger partial charge in [0.15, 0.2) is 9.84 Å². The molecule has 0 spiro atoms. The Morgan fingerprint density at radius 3 is 2.40 bits per heavy atom. The van der Waals surface area contributed by atoms with Crippen molar-refractivity contribution in [3.63, 3.8) is 0 Å². The minimum atomic E-state index is -2.68. The van der Waals surface area contributed by atoms with E-state index in [-0.39, 0.29) is 6.04 Å². The summed E-state index contributed by atoms with van der Waals surface area (Å²) in [5.41, 5.74) is 3.82. The summed E-state index contributed by atoms with van der Waals surface area (Å²) in [7, 11) is -2.68. The topological polar surface area (TPSA) is 61.8 Å². The van der Waals surface area contributed by atoms with Gasteiger partial charge in [0.25, 0.3) is 0 Å². The van der Waals surface area contributed by atoms with Crippen molar-refractivity contribution in [3.05, 3.63) is 0 Å². The zero-order chi connectivity index (χ0) is 7.78. The van der Waals surface area contributed by atoms with Gasteiger partial charge in [0.2, 0.25) is 0 Å². The van der Waals surface area contributed by atoms with Gasteiger partial charge < -0.3 is 5.73 Å². The number of rotatable bonds is 1. The Bertz CT molecular complexity index is 208. The monoisotopic (exact) mass is 164 g/mol. The van der Waals surface area contributed by atoms with Crippen molar-refractivity contribution in [2.45, 2.75) is 19.4 Å². The van der Waals surface area contributed by atoms with E-state index >= 15 is 0 Å². The van der Waals surface area contributed by atoms with E-state index in [4.69, 9.17) is 0 Å². The standard InChI is InChI=1S/C6H13NO2S/c1-5(7)6-2-3-10(8,9)4-6/h5-6H,2-4,7H2,1H3/p+1. The smallest absolute Gasteiger partial charge is 0.150 e. The first-order valence-electron chi connectivity index (χ1n) is 3.55. The maximum Gasteiger partial charge on any atom is 0.150 e. The predicted octanol–water partition coefficient (Wildman–Crippen LogP) is -0.948. The minimum Gasteiger partial charge on any atom is -0.355 e. The molecule has 4 heteroatoms. The van der Waals surface area contributed by atoms with Crippen LogP contribution < -0.4 is 5.73 Å².